The molecule has 0 saturated carbocycles. The lowest BCUT2D eigenvalue weighted by atomic mass is 10.2. The van der Waals surface area contributed by atoms with Crippen molar-refractivity contribution in [2.45, 2.75) is 19.9 Å². The molecule has 0 spiro atoms. The number of pyridine rings is 1. The summed E-state index contributed by atoms with van der Waals surface area (Å²) in [5.74, 6) is 0.323. The second-order valence-corrected chi connectivity index (χ2v) is 4.29. The van der Waals surface area contributed by atoms with Crippen LogP contribution < -0.4 is 16.0 Å². The Morgan fingerprint density at radius 2 is 2.33 bits per heavy atom. The molecule has 0 saturated heterocycles. The van der Waals surface area contributed by atoms with Crippen molar-refractivity contribution in [3.63, 3.8) is 0 Å². The summed E-state index contributed by atoms with van der Waals surface area (Å²) in [5.41, 5.74) is 6.46. The molecule has 18 heavy (non-hydrogen) atoms. The Kier molecular flexibility index (Phi) is 4.49. The number of nitriles is 1. The fraction of sp³-hybridized carbons (Fsp3) is 0.417. The third kappa shape index (κ3) is 3.35. The maximum atomic E-state index is 11.6. The van der Waals surface area contributed by atoms with Crippen LogP contribution in [-0.4, -0.2) is 30.5 Å². The molecule has 0 fully saturated rings. The number of carbonyl (C=O) groups excluding carboxylic acids is 1. The summed E-state index contributed by atoms with van der Waals surface area (Å²) in [6, 6.07) is 3.61. The maximum absolute atomic E-state index is 11.6. The molecule has 96 valence electrons. The fourth-order valence-corrected chi connectivity index (χ4v) is 1.52. The van der Waals surface area contributed by atoms with E-state index in [0.717, 1.165) is 0 Å². The Balaban J connectivity index is 2.82. The SMILES string of the molecule is CC(C)NC(=O)CN(C)c1nccc(C#N)c1N. The number of amides is 1. The van der Waals surface area contributed by atoms with Gasteiger partial charge in [-0.15, -0.1) is 0 Å². The lowest BCUT2D eigenvalue weighted by molar-refractivity contribution is -0.120. The third-order valence-electron chi connectivity index (χ3n) is 2.28. The molecule has 6 nitrogen and oxygen atoms in total. The largest absolute Gasteiger partial charge is 0.395 e. The average Bonchev–Trinajstić information content (AvgIpc) is 2.27. The predicted octanol–water partition coefficient (Wildman–Crippen LogP) is 0.496. The van der Waals surface area contributed by atoms with Crippen LogP contribution in [0.15, 0.2) is 12.3 Å². The zero-order valence-electron chi connectivity index (χ0n) is 10.8. The highest BCUT2D eigenvalue weighted by molar-refractivity contribution is 5.83. The number of anilines is 2. The number of hydrogen-bond donors (Lipinski definition) is 2. The normalized spacial score (nSPS) is 9.94. The summed E-state index contributed by atoms with van der Waals surface area (Å²) in [6.45, 7) is 3.92. The van der Waals surface area contributed by atoms with Gasteiger partial charge in [-0.2, -0.15) is 5.26 Å². The van der Waals surface area contributed by atoms with Crippen LogP contribution in [0.3, 0.4) is 0 Å². The Morgan fingerprint density at radius 1 is 1.67 bits per heavy atom. The predicted molar refractivity (Wildman–Crippen MR) is 69.9 cm³/mol. The van der Waals surface area contributed by atoms with Gasteiger partial charge in [-0.05, 0) is 19.9 Å². The van der Waals surface area contributed by atoms with Gasteiger partial charge in [-0.3, -0.25) is 4.79 Å². The summed E-state index contributed by atoms with van der Waals surface area (Å²) in [6.07, 6.45) is 1.50. The lowest BCUT2D eigenvalue weighted by Crippen LogP contribution is -2.39. The second-order valence-electron chi connectivity index (χ2n) is 4.29. The van der Waals surface area contributed by atoms with Gasteiger partial charge in [0.1, 0.15) is 6.07 Å². The second kappa shape index (κ2) is 5.87. The van der Waals surface area contributed by atoms with Gasteiger partial charge in [0.05, 0.1) is 17.8 Å². The van der Waals surface area contributed by atoms with Gasteiger partial charge in [-0.25, -0.2) is 4.98 Å². The fourth-order valence-electron chi connectivity index (χ4n) is 1.52. The van der Waals surface area contributed by atoms with Crippen LogP contribution in [0.4, 0.5) is 11.5 Å². The van der Waals surface area contributed by atoms with Crippen molar-refractivity contribution in [2.75, 3.05) is 24.2 Å². The highest BCUT2D eigenvalue weighted by atomic mass is 16.2. The van der Waals surface area contributed by atoms with E-state index < -0.39 is 0 Å². The molecule has 0 unspecified atom stereocenters. The quantitative estimate of drug-likeness (QED) is 0.807. The molecule has 1 amide bonds. The lowest BCUT2D eigenvalue weighted by Gasteiger charge is -2.20. The van der Waals surface area contributed by atoms with Crippen LogP contribution in [0.5, 0.6) is 0 Å². The van der Waals surface area contributed by atoms with E-state index in [-0.39, 0.29) is 18.5 Å². The van der Waals surface area contributed by atoms with Gasteiger partial charge in [-0.1, -0.05) is 0 Å². The monoisotopic (exact) mass is 247 g/mol. The first-order valence-corrected chi connectivity index (χ1v) is 5.60. The van der Waals surface area contributed by atoms with E-state index in [1.807, 2.05) is 19.9 Å². The van der Waals surface area contributed by atoms with Crippen LogP contribution in [0.2, 0.25) is 0 Å². The number of nitrogen functional groups attached to an aromatic ring is 1. The number of nitrogens with two attached hydrogens (primary N) is 1. The van der Waals surface area contributed by atoms with Crippen molar-refractivity contribution in [1.29, 1.82) is 5.26 Å². The van der Waals surface area contributed by atoms with E-state index >= 15 is 0 Å². The van der Waals surface area contributed by atoms with E-state index in [1.165, 1.54) is 6.20 Å². The van der Waals surface area contributed by atoms with Crippen LogP contribution >= 0.6 is 0 Å². The number of rotatable bonds is 4. The van der Waals surface area contributed by atoms with E-state index in [9.17, 15) is 4.79 Å². The summed E-state index contributed by atoms with van der Waals surface area (Å²) in [5, 5.41) is 11.6. The summed E-state index contributed by atoms with van der Waals surface area (Å²) in [4.78, 5) is 17.3. The first-order chi connectivity index (χ1) is 8.45. The summed E-state index contributed by atoms with van der Waals surface area (Å²) in [7, 11) is 1.71. The smallest absolute Gasteiger partial charge is 0.239 e. The molecule has 0 bridgehead atoms. The van der Waals surface area contributed by atoms with Gasteiger partial charge in [0.2, 0.25) is 5.91 Å². The molecule has 0 aromatic carbocycles. The van der Waals surface area contributed by atoms with Crippen molar-refractivity contribution in [3.05, 3.63) is 17.8 Å². The summed E-state index contributed by atoms with van der Waals surface area (Å²) >= 11 is 0. The first-order valence-electron chi connectivity index (χ1n) is 5.60. The Hall–Kier alpha value is -2.29. The van der Waals surface area contributed by atoms with Gasteiger partial charge < -0.3 is 16.0 Å². The van der Waals surface area contributed by atoms with Crippen molar-refractivity contribution in [2.24, 2.45) is 0 Å². The van der Waals surface area contributed by atoms with E-state index in [0.29, 0.717) is 17.1 Å². The molecule has 0 aliphatic rings. The summed E-state index contributed by atoms with van der Waals surface area (Å²) < 4.78 is 0. The topological polar surface area (TPSA) is 95.0 Å². The molecule has 0 aliphatic heterocycles. The van der Waals surface area contributed by atoms with Gasteiger partial charge in [0.15, 0.2) is 5.82 Å². The zero-order valence-corrected chi connectivity index (χ0v) is 10.8. The van der Waals surface area contributed by atoms with Gasteiger partial charge in [0.25, 0.3) is 0 Å². The van der Waals surface area contributed by atoms with Gasteiger partial charge in [0, 0.05) is 19.3 Å². The van der Waals surface area contributed by atoms with E-state index in [2.05, 4.69) is 10.3 Å². The third-order valence-corrected chi connectivity index (χ3v) is 2.28. The zero-order chi connectivity index (χ0) is 13.7. The molecule has 1 aromatic rings. The minimum Gasteiger partial charge on any atom is -0.395 e. The Labute approximate surface area is 106 Å². The molecular formula is C12H17N5O. The molecule has 3 N–H and O–H groups in total. The first kappa shape index (κ1) is 13.8. The molecule has 6 heteroatoms. The van der Waals surface area contributed by atoms with E-state index in [4.69, 9.17) is 11.0 Å². The number of nitrogens with one attached hydrogen (secondary N) is 1. The molecule has 1 aromatic heterocycles. The number of likely N-dealkylation sites (N-methyl/N-ethyl adjacent to an activating group) is 1. The van der Waals surface area contributed by atoms with Crippen molar-refractivity contribution in [1.82, 2.24) is 10.3 Å². The van der Waals surface area contributed by atoms with Crippen LogP contribution in [0.25, 0.3) is 0 Å². The van der Waals surface area contributed by atoms with Crippen molar-refractivity contribution in [3.8, 4) is 6.07 Å². The van der Waals surface area contributed by atoms with E-state index in [1.54, 1.807) is 18.0 Å². The van der Waals surface area contributed by atoms with Gasteiger partial charge >= 0.3 is 0 Å². The average molecular weight is 247 g/mol. The minimum absolute atomic E-state index is 0.0849. The molecule has 0 atom stereocenters. The molecule has 1 heterocycles. The highest BCUT2D eigenvalue weighted by Crippen LogP contribution is 2.21. The Morgan fingerprint density at radius 3 is 2.89 bits per heavy atom. The molecule has 1 rings (SSSR count). The number of hydrogen-bond acceptors (Lipinski definition) is 5. The highest BCUT2D eigenvalue weighted by Gasteiger charge is 2.13. The van der Waals surface area contributed by atoms with Crippen molar-refractivity contribution < 1.29 is 4.79 Å². The molecule has 0 radical (unpaired) electrons. The molecule has 0 aliphatic carbocycles. The van der Waals surface area contributed by atoms with Crippen LogP contribution in [0.1, 0.15) is 19.4 Å². The molecular weight excluding hydrogens is 230 g/mol. The van der Waals surface area contributed by atoms with Crippen LogP contribution in [-0.2, 0) is 4.79 Å². The maximum Gasteiger partial charge on any atom is 0.239 e. The van der Waals surface area contributed by atoms with Crippen LogP contribution in [0, 0.1) is 11.3 Å². The number of aromatic nitrogens is 1. The Bertz CT molecular complexity index is 478. The standard InChI is InChI=1S/C12H17N5O/c1-8(2)16-10(18)7-17(3)12-11(14)9(6-13)4-5-15-12/h4-5,8H,7,14H2,1-3H3,(H,16,18). The minimum atomic E-state index is -0.115. The van der Waals surface area contributed by atoms with Crippen molar-refractivity contribution >= 4 is 17.4 Å². The number of nitrogens with zero attached hydrogens (tertiary/aromatic N) is 3. The number of carbonyl (C=O) groups is 1.